The first-order chi connectivity index (χ1) is 16.3. The van der Waals surface area contributed by atoms with Crippen molar-refractivity contribution in [2.45, 2.75) is 45.3 Å². The Kier molecular flexibility index (Phi) is 7.33. The van der Waals surface area contributed by atoms with Crippen molar-refractivity contribution in [3.8, 4) is 22.6 Å². The summed E-state index contributed by atoms with van der Waals surface area (Å²) in [6.07, 6.45) is 6.27. The van der Waals surface area contributed by atoms with E-state index >= 15 is 0 Å². The molecule has 9 heteroatoms. The van der Waals surface area contributed by atoms with E-state index in [1.165, 1.54) is 18.6 Å². The van der Waals surface area contributed by atoms with Gasteiger partial charge in [-0.25, -0.2) is 14.4 Å². The monoisotopic (exact) mass is 504 g/mol. The third kappa shape index (κ3) is 4.86. The van der Waals surface area contributed by atoms with Crippen LogP contribution in [0.2, 0.25) is 10.0 Å². The van der Waals surface area contributed by atoms with Crippen molar-refractivity contribution in [1.29, 1.82) is 0 Å². The van der Waals surface area contributed by atoms with Crippen LogP contribution < -0.4 is 20.1 Å². The number of hydrogen-bond donors (Lipinski definition) is 1. The zero-order chi connectivity index (χ0) is 24.4. The summed E-state index contributed by atoms with van der Waals surface area (Å²) in [4.78, 5) is 11.3. The molecule has 0 amide bonds. The molecule has 1 aliphatic rings. The Balaban J connectivity index is 1.65. The summed E-state index contributed by atoms with van der Waals surface area (Å²) in [5, 5.41) is 0.214. The molecular weight excluding hydrogens is 478 g/mol. The highest BCUT2D eigenvalue weighted by Crippen LogP contribution is 2.39. The van der Waals surface area contributed by atoms with Gasteiger partial charge in [-0.15, -0.1) is 0 Å². The van der Waals surface area contributed by atoms with Crippen LogP contribution in [0.4, 0.5) is 16.0 Å². The van der Waals surface area contributed by atoms with Gasteiger partial charge < -0.3 is 20.1 Å². The number of ether oxygens (including phenoxy) is 2. The van der Waals surface area contributed by atoms with Gasteiger partial charge in [-0.2, -0.15) is 0 Å². The average Bonchev–Trinajstić information content (AvgIpc) is 2.83. The van der Waals surface area contributed by atoms with E-state index in [2.05, 4.69) is 16.8 Å². The molecule has 1 saturated heterocycles. The molecule has 0 radical (unpaired) electrons. The zero-order valence-corrected chi connectivity index (χ0v) is 20.8. The number of piperidine rings is 1. The first-order valence-electron chi connectivity index (χ1n) is 11.2. The van der Waals surface area contributed by atoms with E-state index in [9.17, 15) is 4.39 Å². The Labute approximate surface area is 208 Å². The summed E-state index contributed by atoms with van der Waals surface area (Å²) in [7, 11) is 1.63. The molecule has 0 bridgehead atoms. The molecule has 2 atom stereocenters. The van der Waals surface area contributed by atoms with Gasteiger partial charge in [0, 0.05) is 52.8 Å². The van der Waals surface area contributed by atoms with Crippen LogP contribution in [0.15, 0.2) is 36.7 Å². The van der Waals surface area contributed by atoms with Gasteiger partial charge in [0.15, 0.2) is 11.6 Å². The Morgan fingerprint density at radius 1 is 1.15 bits per heavy atom. The molecule has 3 heterocycles. The highest BCUT2D eigenvalue weighted by atomic mass is 35.5. The van der Waals surface area contributed by atoms with Gasteiger partial charge >= 0.3 is 0 Å². The maximum absolute atomic E-state index is 14.0. The van der Waals surface area contributed by atoms with Crippen molar-refractivity contribution in [1.82, 2.24) is 9.97 Å². The van der Waals surface area contributed by atoms with Crippen molar-refractivity contribution in [2.75, 3.05) is 24.3 Å². The number of hydrogen-bond acceptors (Lipinski definition) is 6. The second-order valence-electron chi connectivity index (χ2n) is 8.41. The Hall–Kier alpha value is -2.77. The van der Waals surface area contributed by atoms with Crippen molar-refractivity contribution < 1.29 is 13.9 Å². The molecule has 180 valence electrons. The van der Waals surface area contributed by atoms with Crippen molar-refractivity contribution >= 4 is 34.8 Å². The molecular formula is C25H27Cl2FN4O2. The lowest BCUT2D eigenvalue weighted by atomic mass is 10.0. The minimum atomic E-state index is -0.668. The summed E-state index contributed by atoms with van der Waals surface area (Å²) in [5.41, 5.74) is 7.89. The predicted octanol–water partition coefficient (Wildman–Crippen LogP) is 6.70. The first kappa shape index (κ1) is 24.4. The van der Waals surface area contributed by atoms with E-state index in [4.69, 9.17) is 43.4 Å². The molecule has 6 nitrogen and oxygen atoms in total. The molecule has 4 rings (SSSR count). The van der Waals surface area contributed by atoms with Crippen LogP contribution in [0.3, 0.4) is 0 Å². The molecule has 0 aliphatic carbocycles. The number of nitrogens with two attached hydrogens (primary N) is 1. The van der Waals surface area contributed by atoms with Gasteiger partial charge in [-0.3, -0.25) is 0 Å². The summed E-state index contributed by atoms with van der Waals surface area (Å²) < 4.78 is 25.7. The minimum absolute atomic E-state index is 0.0870. The van der Waals surface area contributed by atoms with E-state index < -0.39 is 11.9 Å². The molecule has 3 aromatic rings. The molecule has 1 fully saturated rings. The number of benzene rings is 1. The van der Waals surface area contributed by atoms with E-state index in [1.54, 1.807) is 32.5 Å². The number of halogens is 3. The second-order valence-corrected chi connectivity index (χ2v) is 9.19. The van der Waals surface area contributed by atoms with Crippen LogP contribution >= 0.6 is 23.2 Å². The summed E-state index contributed by atoms with van der Waals surface area (Å²) >= 11 is 12.4. The topological polar surface area (TPSA) is 73.5 Å². The highest BCUT2D eigenvalue weighted by molar-refractivity contribution is 6.36. The summed E-state index contributed by atoms with van der Waals surface area (Å²) in [6, 6.07) is 6.78. The van der Waals surface area contributed by atoms with Crippen LogP contribution in [0.25, 0.3) is 11.1 Å². The maximum atomic E-state index is 14.0. The van der Waals surface area contributed by atoms with Crippen LogP contribution in [0, 0.1) is 5.82 Å². The Morgan fingerprint density at radius 3 is 2.68 bits per heavy atom. The molecule has 1 aromatic carbocycles. The third-order valence-electron chi connectivity index (χ3n) is 6.15. The lowest BCUT2D eigenvalue weighted by Crippen LogP contribution is -2.37. The van der Waals surface area contributed by atoms with Gasteiger partial charge in [0.05, 0.1) is 12.1 Å². The Morgan fingerprint density at radius 2 is 1.94 bits per heavy atom. The normalized spacial score (nSPS) is 16.9. The van der Waals surface area contributed by atoms with Crippen LogP contribution in [0.5, 0.6) is 11.5 Å². The number of pyridine rings is 2. The smallest absolute Gasteiger partial charge is 0.166 e. The molecule has 2 N–H and O–H groups in total. The number of methoxy groups -OCH3 is 1. The number of anilines is 2. The summed E-state index contributed by atoms with van der Waals surface area (Å²) in [6.45, 7) is 4.91. The van der Waals surface area contributed by atoms with Crippen molar-refractivity contribution in [3.05, 3.63) is 58.1 Å². The fourth-order valence-electron chi connectivity index (χ4n) is 4.27. The van der Waals surface area contributed by atoms with Gasteiger partial charge in [0.2, 0.25) is 0 Å². The SMILES string of the molecule is COc1cc(N2CCCC[C@@H]2C)ncc1-c1cnc(N)c(O[C@H](C)c2c(Cl)ccc(F)c2Cl)c1. The van der Waals surface area contributed by atoms with Crippen LogP contribution in [-0.2, 0) is 0 Å². The highest BCUT2D eigenvalue weighted by Gasteiger charge is 2.23. The quantitative estimate of drug-likeness (QED) is 0.376. The van der Waals surface area contributed by atoms with Gasteiger partial charge in [-0.1, -0.05) is 23.2 Å². The lowest BCUT2D eigenvalue weighted by molar-refractivity contribution is 0.227. The first-order valence-corrected chi connectivity index (χ1v) is 11.9. The summed E-state index contributed by atoms with van der Waals surface area (Å²) in [5.74, 6) is 1.48. The standard InChI is InChI=1S/C25H27Cl2FN4O2/c1-14-6-4-5-9-32(14)22-11-20(33-3)17(13-30-22)16-10-21(25(29)31-12-16)34-15(2)23-18(26)7-8-19(28)24(23)27/h7-8,10-15H,4-6,9H2,1-3H3,(H2,29,31)/t14-,15+/m0/s1. The maximum Gasteiger partial charge on any atom is 0.166 e. The average molecular weight is 505 g/mol. The van der Waals surface area contributed by atoms with Gasteiger partial charge in [0.1, 0.15) is 23.5 Å². The lowest BCUT2D eigenvalue weighted by Gasteiger charge is -2.34. The number of nitrogens with zero attached hydrogens (tertiary/aromatic N) is 3. The van der Waals surface area contributed by atoms with Crippen LogP contribution in [-0.4, -0.2) is 29.7 Å². The zero-order valence-electron chi connectivity index (χ0n) is 19.3. The third-order valence-corrected chi connectivity index (χ3v) is 6.86. The Bertz CT molecular complexity index is 1190. The largest absolute Gasteiger partial charge is 0.496 e. The number of rotatable bonds is 6. The fourth-order valence-corrected chi connectivity index (χ4v) is 4.95. The predicted molar refractivity (Wildman–Crippen MR) is 135 cm³/mol. The van der Waals surface area contributed by atoms with E-state index in [0.29, 0.717) is 28.1 Å². The van der Waals surface area contributed by atoms with Crippen molar-refractivity contribution in [3.63, 3.8) is 0 Å². The van der Waals surface area contributed by atoms with E-state index in [1.807, 2.05) is 6.07 Å². The molecule has 0 unspecified atom stereocenters. The number of nitrogen functional groups attached to an aromatic ring is 1. The van der Waals surface area contributed by atoms with E-state index in [0.717, 1.165) is 36.3 Å². The second kappa shape index (κ2) is 10.2. The van der Waals surface area contributed by atoms with Gasteiger partial charge in [0.25, 0.3) is 0 Å². The molecule has 0 saturated carbocycles. The molecule has 34 heavy (non-hydrogen) atoms. The van der Waals surface area contributed by atoms with Crippen LogP contribution in [0.1, 0.15) is 44.8 Å². The molecule has 0 spiro atoms. The molecule has 2 aromatic heterocycles. The fraction of sp³-hybridized carbons (Fsp3) is 0.360. The molecule has 1 aliphatic heterocycles. The number of aromatic nitrogens is 2. The van der Waals surface area contributed by atoms with Gasteiger partial charge in [-0.05, 0) is 51.3 Å². The van der Waals surface area contributed by atoms with E-state index in [-0.39, 0.29) is 10.8 Å². The minimum Gasteiger partial charge on any atom is -0.496 e. The van der Waals surface area contributed by atoms with Crippen molar-refractivity contribution in [2.24, 2.45) is 0 Å².